The van der Waals surface area contributed by atoms with E-state index >= 15 is 0 Å². The minimum atomic E-state index is 0.530. The summed E-state index contributed by atoms with van der Waals surface area (Å²) < 4.78 is 5.79. The molecule has 1 nitrogen and oxygen atoms in total. The van der Waals surface area contributed by atoms with Gasteiger partial charge in [0.2, 0.25) is 0 Å². The highest BCUT2D eigenvalue weighted by molar-refractivity contribution is 5.39. The van der Waals surface area contributed by atoms with E-state index < -0.39 is 0 Å². The van der Waals surface area contributed by atoms with E-state index in [1.807, 2.05) is 0 Å². The predicted octanol–water partition coefficient (Wildman–Crippen LogP) is 4.16. The highest BCUT2D eigenvalue weighted by Crippen LogP contribution is 2.27. The molecule has 0 aliphatic heterocycles. The Morgan fingerprint density at radius 2 is 1.93 bits per heavy atom. The van der Waals surface area contributed by atoms with Gasteiger partial charge in [0.15, 0.2) is 0 Å². The molecule has 0 unspecified atom stereocenters. The maximum Gasteiger partial charge on any atom is 0.123 e. The molecule has 0 saturated carbocycles. The van der Waals surface area contributed by atoms with Gasteiger partial charge < -0.3 is 4.74 Å². The van der Waals surface area contributed by atoms with Crippen LogP contribution in [0.4, 0.5) is 0 Å². The summed E-state index contributed by atoms with van der Waals surface area (Å²) in [5.41, 5.74) is 2.67. The van der Waals surface area contributed by atoms with Crippen molar-refractivity contribution in [3.05, 3.63) is 29.3 Å². The van der Waals surface area contributed by atoms with E-state index in [9.17, 15) is 0 Å². The van der Waals surface area contributed by atoms with Gasteiger partial charge in [0, 0.05) is 0 Å². The van der Waals surface area contributed by atoms with Crippen molar-refractivity contribution in [2.75, 3.05) is 6.61 Å². The summed E-state index contributed by atoms with van der Waals surface area (Å²) in [4.78, 5) is 0. The highest BCUT2D eigenvalue weighted by atomic mass is 16.5. The minimum Gasteiger partial charge on any atom is -0.493 e. The largest absolute Gasteiger partial charge is 0.493 e. The quantitative estimate of drug-likeness (QED) is 0.703. The Bertz CT molecular complexity index is 302. The lowest BCUT2D eigenvalue weighted by atomic mass is 9.99. The van der Waals surface area contributed by atoms with E-state index in [0.29, 0.717) is 5.92 Å². The topological polar surface area (TPSA) is 9.23 Å². The van der Waals surface area contributed by atoms with Crippen LogP contribution in [0.5, 0.6) is 5.75 Å². The van der Waals surface area contributed by atoms with Gasteiger partial charge in [-0.3, -0.25) is 0 Å². The molecule has 0 N–H and O–H groups in total. The van der Waals surface area contributed by atoms with E-state index in [0.717, 1.165) is 25.2 Å². The molecule has 1 aromatic rings. The first-order chi connectivity index (χ1) is 7.19. The number of hydrogen-bond donors (Lipinski definition) is 0. The van der Waals surface area contributed by atoms with Crippen LogP contribution < -0.4 is 4.74 Å². The molecule has 0 fully saturated rings. The van der Waals surface area contributed by atoms with Crippen LogP contribution in [0.25, 0.3) is 0 Å². The summed E-state index contributed by atoms with van der Waals surface area (Å²) >= 11 is 0. The molecule has 0 aliphatic rings. The van der Waals surface area contributed by atoms with Crippen LogP contribution in [0.1, 0.15) is 51.2 Å². The van der Waals surface area contributed by atoms with Crippen LogP contribution in [0.3, 0.4) is 0 Å². The van der Waals surface area contributed by atoms with E-state index in [4.69, 9.17) is 4.74 Å². The van der Waals surface area contributed by atoms with E-state index in [2.05, 4.69) is 45.9 Å². The Balaban J connectivity index is 2.94. The van der Waals surface area contributed by atoms with E-state index in [-0.39, 0.29) is 0 Å². The molecule has 0 saturated heterocycles. The zero-order chi connectivity index (χ0) is 11.3. The second kappa shape index (κ2) is 5.79. The minimum absolute atomic E-state index is 0.530. The third-order valence-electron chi connectivity index (χ3n) is 2.57. The first kappa shape index (κ1) is 12.1. The zero-order valence-corrected chi connectivity index (χ0v) is 10.3. The van der Waals surface area contributed by atoms with Crippen LogP contribution in [-0.4, -0.2) is 6.61 Å². The average Bonchev–Trinajstić information content (AvgIpc) is 2.25. The van der Waals surface area contributed by atoms with Gasteiger partial charge in [0.25, 0.3) is 0 Å². The van der Waals surface area contributed by atoms with Crippen LogP contribution in [0.15, 0.2) is 18.2 Å². The van der Waals surface area contributed by atoms with Crippen molar-refractivity contribution < 1.29 is 4.74 Å². The molecule has 0 aromatic heterocycles. The number of hydrogen-bond acceptors (Lipinski definition) is 1. The maximum atomic E-state index is 5.79. The van der Waals surface area contributed by atoms with E-state index in [1.54, 1.807) is 0 Å². The van der Waals surface area contributed by atoms with Gasteiger partial charge in [-0.05, 0) is 36.0 Å². The molecule has 0 atom stereocenters. The van der Waals surface area contributed by atoms with Crippen molar-refractivity contribution in [3.8, 4) is 5.75 Å². The summed E-state index contributed by atoms with van der Waals surface area (Å²) in [6.07, 6.45) is 2.13. The molecule has 0 aliphatic carbocycles. The first-order valence-corrected chi connectivity index (χ1v) is 5.94. The molecular formula is C14H22O. The number of ether oxygens (including phenoxy) is 1. The van der Waals surface area contributed by atoms with Crippen molar-refractivity contribution in [2.24, 2.45) is 0 Å². The molecule has 1 heteroatoms. The van der Waals surface area contributed by atoms with Crippen LogP contribution in [-0.2, 0) is 6.42 Å². The lowest BCUT2D eigenvalue weighted by Crippen LogP contribution is -2.01. The predicted molar refractivity (Wildman–Crippen MR) is 65.7 cm³/mol. The van der Waals surface area contributed by atoms with Crippen LogP contribution in [0, 0.1) is 0 Å². The Morgan fingerprint density at radius 3 is 2.47 bits per heavy atom. The fourth-order valence-corrected chi connectivity index (χ4v) is 1.61. The Kier molecular flexibility index (Phi) is 4.67. The standard InChI is InChI=1S/C14H22O/c1-5-9-15-14-10-12(6-2)7-8-13(14)11(3)4/h7-8,10-11H,5-6,9H2,1-4H3. The van der Waals surface area contributed by atoms with Gasteiger partial charge >= 0.3 is 0 Å². The summed E-state index contributed by atoms with van der Waals surface area (Å²) in [5, 5.41) is 0. The molecule has 15 heavy (non-hydrogen) atoms. The van der Waals surface area contributed by atoms with Gasteiger partial charge in [-0.15, -0.1) is 0 Å². The molecular weight excluding hydrogens is 184 g/mol. The van der Waals surface area contributed by atoms with Gasteiger partial charge in [-0.2, -0.15) is 0 Å². The summed E-state index contributed by atoms with van der Waals surface area (Å²) in [5.74, 6) is 1.61. The number of rotatable bonds is 5. The molecule has 0 heterocycles. The SMILES string of the molecule is CCCOc1cc(CC)ccc1C(C)C. The third kappa shape index (κ3) is 3.26. The second-order valence-electron chi connectivity index (χ2n) is 4.23. The van der Waals surface area contributed by atoms with Gasteiger partial charge in [0.1, 0.15) is 5.75 Å². The molecule has 0 bridgehead atoms. The Hall–Kier alpha value is -0.980. The normalized spacial score (nSPS) is 10.7. The third-order valence-corrected chi connectivity index (χ3v) is 2.57. The number of aryl methyl sites for hydroxylation is 1. The second-order valence-corrected chi connectivity index (χ2v) is 4.23. The van der Waals surface area contributed by atoms with Crippen LogP contribution in [0.2, 0.25) is 0 Å². The average molecular weight is 206 g/mol. The van der Waals surface area contributed by atoms with Crippen molar-refractivity contribution in [3.63, 3.8) is 0 Å². The van der Waals surface area contributed by atoms with Gasteiger partial charge in [-0.1, -0.05) is 39.8 Å². The summed E-state index contributed by atoms with van der Waals surface area (Å²) in [6, 6.07) is 6.59. The summed E-state index contributed by atoms with van der Waals surface area (Å²) in [6.45, 7) is 9.54. The maximum absolute atomic E-state index is 5.79. The molecule has 0 radical (unpaired) electrons. The smallest absolute Gasteiger partial charge is 0.123 e. The Labute approximate surface area is 93.5 Å². The molecule has 1 aromatic carbocycles. The van der Waals surface area contributed by atoms with Gasteiger partial charge in [-0.25, -0.2) is 0 Å². The fourth-order valence-electron chi connectivity index (χ4n) is 1.61. The zero-order valence-electron chi connectivity index (χ0n) is 10.3. The lowest BCUT2D eigenvalue weighted by molar-refractivity contribution is 0.312. The Morgan fingerprint density at radius 1 is 1.20 bits per heavy atom. The van der Waals surface area contributed by atoms with Crippen molar-refractivity contribution in [1.29, 1.82) is 0 Å². The fraction of sp³-hybridized carbons (Fsp3) is 0.571. The van der Waals surface area contributed by atoms with Crippen LogP contribution >= 0.6 is 0 Å². The van der Waals surface area contributed by atoms with Crippen molar-refractivity contribution in [2.45, 2.75) is 46.5 Å². The van der Waals surface area contributed by atoms with Crippen molar-refractivity contribution >= 4 is 0 Å². The molecule has 84 valence electrons. The number of benzene rings is 1. The summed E-state index contributed by atoms with van der Waals surface area (Å²) in [7, 11) is 0. The molecule has 0 spiro atoms. The van der Waals surface area contributed by atoms with Crippen molar-refractivity contribution in [1.82, 2.24) is 0 Å². The lowest BCUT2D eigenvalue weighted by Gasteiger charge is -2.14. The molecule has 0 amide bonds. The van der Waals surface area contributed by atoms with E-state index in [1.165, 1.54) is 11.1 Å². The monoisotopic (exact) mass is 206 g/mol. The van der Waals surface area contributed by atoms with Gasteiger partial charge in [0.05, 0.1) is 6.61 Å². The first-order valence-electron chi connectivity index (χ1n) is 5.94. The highest BCUT2D eigenvalue weighted by Gasteiger charge is 2.08. The molecule has 1 rings (SSSR count).